The first-order chi connectivity index (χ1) is 7.34. The summed E-state index contributed by atoms with van der Waals surface area (Å²) in [6.45, 7) is 3.00. The molecule has 1 N–H and O–H groups in total. The van der Waals surface area contributed by atoms with Gasteiger partial charge in [0.2, 0.25) is 0 Å². The second-order valence-electron chi connectivity index (χ2n) is 3.35. The van der Waals surface area contributed by atoms with E-state index in [1.807, 2.05) is 0 Å². The van der Waals surface area contributed by atoms with Crippen molar-refractivity contribution < 1.29 is 9.47 Å². The topological polar surface area (TPSA) is 43.4 Å². The highest BCUT2D eigenvalue weighted by atomic mass is 35.5. The Balaban J connectivity index is 1.81. The highest BCUT2D eigenvalue weighted by Gasteiger charge is 2.13. The first-order valence-corrected chi connectivity index (χ1v) is 5.28. The van der Waals surface area contributed by atoms with E-state index in [4.69, 9.17) is 21.1 Å². The van der Waals surface area contributed by atoms with Crippen molar-refractivity contribution in [3.8, 4) is 5.75 Å². The van der Waals surface area contributed by atoms with Gasteiger partial charge in [-0.3, -0.25) is 4.98 Å². The molecule has 82 valence electrons. The largest absolute Gasteiger partial charge is 0.489 e. The Morgan fingerprint density at radius 3 is 3.27 bits per heavy atom. The van der Waals surface area contributed by atoms with Gasteiger partial charge in [0.25, 0.3) is 0 Å². The zero-order valence-corrected chi connectivity index (χ0v) is 9.04. The molecular formula is C10H13ClN2O2. The number of halogens is 1. The van der Waals surface area contributed by atoms with Crippen LogP contribution in [0, 0.1) is 0 Å². The van der Waals surface area contributed by atoms with Gasteiger partial charge in [-0.05, 0) is 0 Å². The van der Waals surface area contributed by atoms with Crippen LogP contribution in [0.3, 0.4) is 0 Å². The van der Waals surface area contributed by atoms with Crippen molar-refractivity contribution >= 4 is 11.6 Å². The third-order valence-corrected chi connectivity index (χ3v) is 2.33. The maximum Gasteiger partial charge on any atom is 0.139 e. The van der Waals surface area contributed by atoms with Crippen LogP contribution in [-0.4, -0.2) is 37.4 Å². The Morgan fingerprint density at radius 2 is 2.53 bits per heavy atom. The van der Waals surface area contributed by atoms with E-state index >= 15 is 0 Å². The number of morpholine rings is 1. The summed E-state index contributed by atoms with van der Waals surface area (Å²) in [6.07, 6.45) is 3.33. The zero-order valence-electron chi connectivity index (χ0n) is 8.28. The Labute approximate surface area is 93.6 Å². The van der Waals surface area contributed by atoms with Gasteiger partial charge in [0.15, 0.2) is 0 Å². The van der Waals surface area contributed by atoms with Crippen molar-refractivity contribution in [2.24, 2.45) is 0 Å². The average Bonchev–Trinajstić information content (AvgIpc) is 2.28. The van der Waals surface area contributed by atoms with Crippen LogP contribution in [0.4, 0.5) is 0 Å². The van der Waals surface area contributed by atoms with Gasteiger partial charge in [-0.2, -0.15) is 0 Å². The molecule has 2 rings (SSSR count). The van der Waals surface area contributed by atoms with Crippen LogP contribution >= 0.6 is 11.6 Å². The van der Waals surface area contributed by atoms with Crippen LogP contribution in [0.25, 0.3) is 0 Å². The van der Waals surface area contributed by atoms with Crippen LogP contribution in [0.1, 0.15) is 0 Å². The molecular weight excluding hydrogens is 216 g/mol. The summed E-state index contributed by atoms with van der Waals surface area (Å²) in [6, 6.07) is 1.74. The normalized spacial score (nSPS) is 21.3. The molecule has 1 aromatic heterocycles. The van der Waals surface area contributed by atoms with E-state index in [1.54, 1.807) is 18.5 Å². The number of hydrogen-bond acceptors (Lipinski definition) is 4. The molecule has 0 amide bonds. The lowest BCUT2D eigenvalue weighted by Gasteiger charge is -2.23. The molecule has 0 aromatic carbocycles. The summed E-state index contributed by atoms with van der Waals surface area (Å²) in [7, 11) is 0. The second-order valence-corrected chi connectivity index (χ2v) is 3.78. The quantitative estimate of drug-likeness (QED) is 0.842. The highest BCUT2D eigenvalue weighted by molar-refractivity contribution is 6.30. The van der Waals surface area contributed by atoms with Gasteiger partial charge in [-0.1, -0.05) is 11.6 Å². The number of hydrogen-bond donors (Lipinski definition) is 1. The van der Waals surface area contributed by atoms with Crippen molar-refractivity contribution in [1.29, 1.82) is 0 Å². The number of ether oxygens (including phenoxy) is 2. The molecule has 1 atom stereocenters. The number of nitrogens with zero attached hydrogens (tertiary/aromatic N) is 1. The zero-order chi connectivity index (χ0) is 10.5. The van der Waals surface area contributed by atoms with Crippen LogP contribution in [0.5, 0.6) is 5.75 Å². The molecule has 0 saturated carbocycles. The van der Waals surface area contributed by atoms with Crippen molar-refractivity contribution in [2.75, 3.05) is 26.3 Å². The Bertz CT molecular complexity index is 316. The van der Waals surface area contributed by atoms with Gasteiger partial charge in [-0.25, -0.2) is 0 Å². The molecule has 0 spiro atoms. The van der Waals surface area contributed by atoms with E-state index in [2.05, 4.69) is 10.3 Å². The average molecular weight is 229 g/mol. The summed E-state index contributed by atoms with van der Waals surface area (Å²) in [5.41, 5.74) is 0. The molecule has 5 heteroatoms. The van der Waals surface area contributed by atoms with E-state index < -0.39 is 0 Å². The molecule has 1 aromatic rings. The minimum atomic E-state index is 0.109. The summed E-state index contributed by atoms with van der Waals surface area (Å²) in [4.78, 5) is 3.93. The minimum absolute atomic E-state index is 0.109. The van der Waals surface area contributed by atoms with Crippen molar-refractivity contribution in [3.05, 3.63) is 23.5 Å². The van der Waals surface area contributed by atoms with E-state index in [0.29, 0.717) is 17.4 Å². The Kier molecular flexibility index (Phi) is 3.77. The standard InChI is InChI=1S/C10H13ClN2O2/c11-8-3-9(5-13-4-8)15-7-10-6-12-1-2-14-10/h3-5,10,12H,1-2,6-7H2. The molecule has 0 radical (unpaired) electrons. The van der Waals surface area contributed by atoms with Gasteiger partial charge >= 0.3 is 0 Å². The molecule has 4 nitrogen and oxygen atoms in total. The smallest absolute Gasteiger partial charge is 0.139 e. The molecule has 2 heterocycles. The molecule has 1 fully saturated rings. The Morgan fingerprint density at radius 1 is 1.60 bits per heavy atom. The van der Waals surface area contributed by atoms with Crippen molar-refractivity contribution in [3.63, 3.8) is 0 Å². The molecule has 0 bridgehead atoms. The Hall–Kier alpha value is -0.840. The van der Waals surface area contributed by atoms with E-state index in [-0.39, 0.29) is 6.10 Å². The van der Waals surface area contributed by atoms with E-state index in [0.717, 1.165) is 19.7 Å². The maximum absolute atomic E-state index is 5.78. The van der Waals surface area contributed by atoms with Gasteiger partial charge in [0.1, 0.15) is 18.5 Å². The maximum atomic E-state index is 5.78. The van der Waals surface area contributed by atoms with Gasteiger partial charge in [0, 0.05) is 25.4 Å². The van der Waals surface area contributed by atoms with Crippen molar-refractivity contribution in [2.45, 2.75) is 6.10 Å². The fraction of sp³-hybridized carbons (Fsp3) is 0.500. The van der Waals surface area contributed by atoms with Crippen LogP contribution in [0.2, 0.25) is 5.02 Å². The first kappa shape index (κ1) is 10.7. The second kappa shape index (κ2) is 5.30. The van der Waals surface area contributed by atoms with E-state index in [9.17, 15) is 0 Å². The van der Waals surface area contributed by atoms with Crippen molar-refractivity contribution in [1.82, 2.24) is 10.3 Å². The lowest BCUT2D eigenvalue weighted by molar-refractivity contribution is 0.000128. The van der Waals surface area contributed by atoms with Gasteiger partial charge in [-0.15, -0.1) is 0 Å². The molecule has 1 saturated heterocycles. The third kappa shape index (κ3) is 3.34. The number of pyridine rings is 1. The molecule has 0 aliphatic carbocycles. The molecule has 1 aliphatic rings. The summed E-state index contributed by atoms with van der Waals surface area (Å²) in [5.74, 6) is 0.677. The minimum Gasteiger partial charge on any atom is -0.489 e. The molecule has 1 aliphatic heterocycles. The fourth-order valence-electron chi connectivity index (χ4n) is 1.39. The third-order valence-electron chi connectivity index (χ3n) is 2.12. The number of nitrogens with one attached hydrogen (secondary N) is 1. The van der Waals surface area contributed by atoms with Gasteiger partial charge < -0.3 is 14.8 Å². The number of rotatable bonds is 3. The molecule has 1 unspecified atom stereocenters. The van der Waals surface area contributed by atoms with Crippen LogP contribution < -0.4 is 10.1 Å². The first-order valence-electron chi connectivity index (χ1n) is 4.90. The van der Waals surface area contributed by atoms with Gasteiger partial charge in [0.05, 0.1) is 17.8 Å². The summed E-state index contributed by atoms with van der Waals surface area (Å²) in [5, 5.41) is 3.81. The van der Waals surface area contributed by atoms with Crippen LogP contribution in [0.15, 0.2) is 18.5 Å². The predicted molar refractivity (Wildman–Crippen MR) is 57.4 cm³/mol. The lowest BCUT2D eigenvalue weighted by Crippen LogP contribution is -2.41. The van der Waals surface area contributed by atoms with Crippen LogP contribution in [-0.2, 0) is 4.74 Å². The molecule has 15 heavy (non-hydrogen) atoms. The fourth-order valence-corrected chi connectivity index (χ4v) is 1.55. The summed E-state index contributed by atoms with van der Waals surface area (Å²) >= 11 is 5.78. The predicted octanol–water partition coefficient (Wildman–Crippen LogP) is 1.10. The van der Waals surface area contributed by atoms with E-state index in [1.165, 1.54) is 0 Å². The lowest BCUT2D eigenvalue weighted by atomic mass is 10.3. The summed E-state index contributed by atoms with van der Waals surface area (Å²) < 4.78 is 11.0. The highest BCUT2D eigenvalue weighted by Crippen LogP contribution is 2.15. The number of aromatic nitrogens is 1. The SMILES string of the molecule is Clc1cncc(OCC2CNCCO2)c1. The monoisotopic (exact) mass is 228 g/mol.